The Kier molecular flexibility index (Phi) is 3.66. The van der Waals surface area contributed by atoms with E-state index in [2.05, 4.69) is 22.0 Å². The summed E-state index contributed by atoms with van der Waals surface area (Å²) in [6, 6.07) is 8.22. The van der Waals surface area contributed by atoms with Gasteiger partial charge in [-0.15, -0.1) is 11.3 Å². The maximum absolute atomic E-state index is 6.04. The van der Waals surface area contributed by atoms with Crippen LogP contribution in [0.5, 0.6) is 0 Å². The molecule has 0 radical (unpaired) electrons. The Morgan fingerprint density at radius 2 is 1.94 bits per heavy atom. The molecule has 0 spiro atoms. The third-order valence-corrected chi connectivity index (χ3v) is 3.86. The number of nitrogens with two attached hydrogens (primary N) is 1. The van der Waals surface area contributed by atoms with Gasteiger partial charge >= 0.3 is 0 Å². The van der Waals surface area contributed by atoms with Crippen LogP contribution in [0.15, 0.2) is 24.3 Å². The van der Waals surface area contributed by atoms with E-state index in [0.717, 1.165) is 22.0 Å². The van der Waals surface area contributed by atoms with Crippen LogP contribution in [0.1, 0.15) is 5.69 Å². The Balaban J connectivity index is 2.33. The number of halogens is 1. The molecule has 0 saturated carbocycles. The zero-order valence-electron chi connectivity index (χ0n) is 9.77. The second-order valence-corrected chi connectivity index (χ2v) is 5.49. The van der Waals surface area contributed by atoms with Crippen molar-refractivity contribution >= 4 is 28.6 Å². The molecule has 17 heavy (non-hydrogen) atoms. The number of thiazole rings is 1. The first-order chi connectivity index (χ1) is 8.11. The summed E-state index contributed by atoms with van der Waals surface area (Å²) in [7, 11) is 4.03. The van der Waals surface area contributed by atoms with Gasteiger partial charge in [0.15, 0.2) is 0 Å². The number of nitrogens with zero attached hydrogens (tertiary/aromatic N) is 2. The minimum absolute atomic E-state index is 0.380. The van der Waals surface area contributed by atoms with Crippen LogP contribution < -0.4 is 10.6 Å². The molecular formula is C12H14ClN3S. The quantitative estimate of drug-likeness (QED) is 0.930. The topological polar surface area (TPSA) is 42.2 Å². The van der Waals surface area contributed by atoms with Gasteiger partial charge in [-0.2, -0.15) is 0 Å². The first kappa shape index (κ1) is 12.4. The SMILES string of the molecule is CN(C)c1ccc(-c2nc(CN)c(Cl)s2)cc1. The van der Waals surface area contributed by atoms with Crippen molar-refractivity contribution in [3.63, 3.8) is 0 Å². The highest BCUT2D eigenvalue weighted by atomic mass is 35.5. The van der Waals surface area contributed by atoms with Gasteiger partial charge in [0.05, 0.1) is 5.69 Å². The summed E-state index contributed by atoms with van der Waals surface area (Å²) >= 11 is 7.51. The zero-order valence-corrected chi connectivity index (χ0v) is 11.3. The minimum Gasteiger partial charge on any atom is -0.378 e. The van der Waals surface area contributed by atoms with Gasteiger partial charge in [0.1, 0.15) is 9.34 Å². The average molecular weight is 268 g/mol. The van der Waals surface area contributed by atoms with Crippen molar-refractivity contribution in [2.24, 2.45) is 5.73 Å². The molecule has 0 aliphatic carbocycles. The lowest BCUT2D eigenvalue weighted by Crippen LogP contribution is -2.07. The van der Waals surface area contributed by atoms with Crippen molar-refractivity contribution in [1.82, 2.24) is 4.98 Å². The van der Waals surface area contributed by atoms with E-state index in [-0.39, 0.29) is 0 Å². The molecule has 90 valence electrons. The van der Waals surface area contributed by atoms with Crippen LogP contribution in [-0.2, 0) is 6.54 Å². The van der Waals surface area contributed by atoms with Gasteiger partial charge in [0.25, 0.3) is 0 Å². The predicted octanol–water partition coefficient (Wildman–Crippen LogP) is 2.99. The van der Waals surface area contributed by atoms with Crippen molar-refractivity contribution in [1.29, 1.82) is 0 Å². The molecule has 2 aromatic rings. The maximum atomic E-state index is 6.04. The molecule has 1 aromatic heterocycles. The molecule has 2 N–H and O–H groups in total. The molecule has 0 aliphatic rings. The predicted molar refractivity (Wildman–Crippen MR) is 74.8 cm³/mol. The Labute approximate surface area is 110 Å². The molecule has 0 fully saturated rings. The molecule has 0 saturated heterocycles. The van der Waals surface area contributed by atoms with Crippen LogP contribution >= 0.6 is 22.9 Å². The van der Waals surface area contributed by atoms with Gasteiger partial charge in [0, 0.05) is 31.9 Å². The van der Waals surface area contributed by atoms with Crippen LogP contribution in [0.2, 0.25) is 4.34 Å². The Morgan fingerprint density at radius 3 is 2.41 bits per heavy atom. The van der Waals surface area contributed by atoms with E-state index in [1.165, 1.54) is 11.3 Å². The summed E-state index contributed by atoms with van der Waals surface area (Å²) in [6.07, 6.45) is 0. The summed E-state index contributed by atoms with van der Waals surface area (Å²) in [5.74, 6) is 0. The van der Waals surface area contributed by atoms with E-state index in [1.54, 1.807) is 0 Å². The smallest absolute Gasteiger partial charge is 0.125 e. The Bertz CT molecular complexity index is 505. The number of hydrogen-bond donors (Lipinski definition) is 1. The number of aromatic nitrogens is 1. The van der Waals surface area contributed by atoms with E-state index in [4.69, 9.17) is 17.3 Å². The van der Waals surface area contributed by atoms with Gasteiger partial charge in [-0.05, 0) is 24.3 Å². The third-order valence-electron chi connectivity index (χ3n) is 2.47. The lowest BCUT2D eigenvalue weighted by molar-refractivity contribution is 1.01. The number of benzene rings is 1. The Hall–Kier alpha value is -1.10. The van der Waals surface area contributed by atoms with Crippen molar-refractivity contribution in [3.05, 3.63) is 34.3 Å². The van der Waals surface area contributed by atoms with Crippen LogP contribution in [0, 0.1) is 0 Å². The molecule has 1 aromatic carbocycles. The van der Waals surface area contributed by atoms with Gasteiger partial charge in [-0.1, -0.05) is 11.6 Å². The standard InChI is InChI=1S/C12H14ClN3S/c1-16(2)9-5-3-8(4-6-9)12-15-10(7-14)11(13)17-12/h3-6H,7,14H2,1-2H3. The monoisotopic (exact) mass is 267 g/mol. The van der Waals surface area contributed by atoms with E-state index in [9.17, 15) is 0 Å². The van der Waals surface area contributed by atoms with Crippen molar-refractivity contribution in [3.8, 4) is 10.6 Å². The summed E-state index contributed by atoms with van der Waals surface area (Å²) in [5.41, 5.74) is 8.56. The van der Waals surface area contributed by atoms with Crippen LogP contribution in [0.25, 0.3) is 10.6 Å². The third kappa shape index (κ3) is 2.60. The molecular weight excluding hydrogens is 254 g/mol. The second-order valence-electron chi connectivity index (χ2n) is 3.88. The van der Waals surface area contributed by atoms with E-state index >= 15 is 0 Å². The maximum Gasteiger partial charge on any atom is 0.125 e. The van der Waals surface area contributed by atoms with Crippen LogP contribution in [-0.4, -0.2) is 19.1 Å². The molecule has 5 heteroatoms. The summed E-state index contributed by atoms with van der Waals surface area (Å²) < 4.78 is 0.680. The summed E-state index contributed by atoms with van der Waals surface area (Å²) in [5, 5.41) is 0.917. The number of rotatable bonds is 3. The lowest BCUT2D eigenvalue weighted by atomic mass is 10.2. The molecule has 0 amide bonds. The normalized spacial score (nSPS) is 10.6. The molecule has 1 heterocycles. The Morgan fingerprint density at radius 1 is 1.29 bits per heavy atom. The number of anilines is 1. The fourth-order valence-corrected chi connectivity index (χ4v) is 2.65. The van der Waals surface area contributed by atoms with E-state index in [0.29, 0.717) is 10.9 Å². The first-order valence-corrected chi connectivity index (χ1v) is 6.44. The molecule has 0 bridgehead atoms. The molecule has 3 nitrogen and oxygen atoms in total. The van der Waals surface area contributed by atoms with E-state index < -0.39 is 0 Å². The summed E-state index contributed by atoms with van der Waals surface area (Å²) in [6.45, 7) is 0.380. The van der Waals surface area contributed by atoms with Gasteiger partial charge in [-0.25, -0.2) is 4.98 Å². The molecule has 0 aliphatic heterocycles. The highest BCUT2D eigenvalue weighted by Crippen LogP contribution is 2.32. The van der Waals surface area contributed by atoms with Gasteiger partial charge < -0.3 is 10.6 Å². The highest BCUT2D eigenvalue weighted by molar-refractivity contribution is 7.19. The largest absolute Gasteiger partial charge is 0.378 e. The van der Waals surface area contributed by atoms with E-state index in [1.807, 2.05) is 26.2 Å². The van der Waals surface area contributed by atoms with Crippen LogP contribution in [0.3, 0.4) is 0 Å². The van der Waals surface area contributed by atoms with Crippen molar-refractivity contribution in [2.75, 3.05) is 19.0 Å². The molecule has 2 rings (SSSR count). The fourth-order valence-electron chi connectivity index (χ4n) is 1.48. The van der Waals surface area contributed by atoms with Crippen LogP contribution in [0.4, 0.5) is 5.69 Å². The number of hydrogen-bond acceptors (Lipinski definition) is 4. The highest BCUT2D eigenvalue weighted by Gasteiger charge is 2.09. The fraction of sp³-hybridized carbons (Fsp3) is 0.250. The zero-order chi connectivity index (χ0) is 12.4. The van der Waals surface area contributed by atoms with Gasteiger partial charge in [-0.3, -0.25) is 0 Å². The van der Waals surface area contributed by atoms with Crippen molar-refractivity contribution < 1.29 is 0 Å². The average Bonchev–Trinajstić information content (AvgIpc) is 2.70. The molecule has 0 atom stereocenters. The second kappa shape index (κ2) is 5.04. The van der Waals surface area contributed by atoms with Crippen molar-refractivity contribution in [2.45, 2.75) is 6.54 Å². The minimum atomic E-state index is 0.380. The first-order valence-electron chi connectivity index (χ1n) is 5.25. The molecule has 0 unspecified atom stereocenters. The van der Waals surface area contributed by atoms with Gasteiger partial charge in [0.2, 0.25) is 0 Å². The lowest BCUT2D eigenvalue weighted by Gasteiger charge is -2.11. The summed E-state index contributed by atoms with van der Waals surface area (Å²) in [4.78, 5) is 6.48.